The molecule has 1 aromatic carbocycles. The van der Waals surface area contributed by atoms with Crippen molar-refractivity contribution in [2.75, 3.05) is 19.5 Å². The van der Waals surface area contributed by atoms with Crippen molar-refractivity contribution in [2.24, 2.45) is 0 Å². The summed E-state index contributed by atoms with van der Waals surface area (Å²) in [5.74, 6) is 1.40. The van der Waals surface area contributed by atoms with Gasteiger partial charge in [-0.25, -0.2) is 4.98 Å². The van der Waals surface area contributed by atoms with Gasteiger partial charge >= 0.3 is 0 Å². The average Bonchev–Trinajstić information content (AvgIpc) is 2.68. The lowest BCUT2D eigenvalue weighted by Crippen LogP contribution is -2.33. The SMILES string of the molecule is CCOC1CC(n2c(N)nc3ccc(OC)cc32)C1. The largest absolute Gasteiger partial charge is 0.497 e. The minimum atomic E-state index is 0.359. The zero-order valence-corrected chi connectivity index (χ0v) is 11.3. The molecular formula is C14H19N3O2. The van der Waals surface area contributed by atoms with E-state index in [-0.39, 0.29) is 0 Å². The number of aromatic nitrogens is 2. The molecule has 0 spiro atoms. The molecule has 0 amide bonds. The molecule has 1 fully saturated rings. The highest BCUT2D eigenvalue weighted by molar-refractivity contribution is 5.80. The molecule has 1 aliphatic carbocycles. The van der Waals surface area contributed by atoms with Crippen LogP contribution in [0.15, 0.2) is 18.2 Å². The predicted octanol–water partition coefficient (Wildman–Crippen LogP) is 2.37. The molecule has 5 nitrogen and oxygen atoms in total. The van der Waals surface area contributed by atoms with Crippen molar-refractivity contribution in [3.8, 4) is 5.75 Å². The number of nitrogen functional groups attached to an aromatic ring is 1. The second kappa shape index (κ2) is 4.74. The summed E-state index contributed by atoms with van der Waals surface area (Å²) in [5, 5.41) is 0. The third-order valence-corrected chi connectivity index (χ3v) is 3.76. The number of hydrogen-bond donors (Lipinski definition) is 1. The Morgan fingerprint density at radius 2 is 2.21 bits per heavy atom. The Kier molecular flexibility index (Phi) is 3.06. The Hall–Kier alpha value is -1.75. The number of benzene rings is 1. The first-order chi connectivity index (χ1) is 9.22. The van der Waals surface area contributed by atoms with E-state index in [0.29, 0.717) is 18.1 Å². The van der Waals surface area contributed by atoms with Crippen LogP contribution in [0.4, 0.5) is 5.95 Å². The van der Waals surface area contributed by atoms with Crippen molar-refractivity contribution < 1.29 is 9.47 Å². The van der Waals surface area contributed by atoms with Crippen molar-refractivity contribution in [3.63, 3.8) is 0 Å². The highest BCUT2D eigenvalue weighted by Gasteiger charge is 2.33. The van der Waals surface area contributed by atoms with Crippen LogP contribution in [-0.2, 0) is 4.74 Å². The third kappa shape index (κ3) is 2.04. The van der Waals surface area contributed by atoms with Crippen molar-refractivity contribution >= 4 is 17.0 Å². The molecule has 2 aromatic rings. The molecule has 1 saturated carbocycles. The van der Waals surface area contributed by atoms with E-state index in [2.05, 4.69) is 9.55 Å². The van der Waals surface area contributed by atoms with Gasteiger partial charge < -0.3 is 19.8 Å². The third-order valence-electron chi connectivity index (χ3n) is 3.76. The van der Waals surface area contributed by atoms with Crippen LogP contribution in [0, 0.1) is 0 Å². The van der Waals surface area contributed by atoms with Gasteiger partial charge in [0.05, 0.1) is 24.2 Å². The number of hydrogen-bond acceptors (Lipinski definition) is 4. The molecule has 0 bridgehead atoms. The summed E-state index contributed by atoms with van der Waals surface area (Å²) in [6, 6.07) is 6.23. The number of imidazole rings is 1. The minimum Gasteiger partial charge on any atom is -0.497 e. The molecule has 0 atom stereocenters. The lowest BCUT2D eigenvalue weighted by atomic mass is 9.89. The summed E-state index contributed by atoms with van der Waals surface area (Å²) < 4.78 is 13.0. The predicted molar refractivity (Wildman–Crippen MR) is 74.4 cm³/mol. The Labute approximate surface area is 112 Å². The van der Waals surface area contributed by atoms with Crippen LogP contribution >= 0.6 is 0 Å². The summed E-state index contributed by atoms with van der Waals surface area (Å²) in [5.41, 5.74) is 8.00. The van der Waals surface area contributed by atoms with E-state index < -0.39 is 0 Å². The fourth-order valence-corrected chi connectivity index (χ4v) is 2.72. The second-order valence-electron chi connectivity index (χ2n) is 4.90. The van der Waals surface area contributed by atoms with Crippen LogP contribution in [0.25, 0.3) is 11.0 Å². The molecular weight excluding hydrogens is 242 g/mol. The van der Waals surface area contributed by atoms with Gasteiger partial charge in [-0.1, -0.05) is 0 Å². The Morgan fingerprint density at radius 3 is 2.89 bits per heavy atom. The quantitative estimate of drug-likeness (QED) is 0.917. The summed E-state index contributed by atoms with van der Waals surface area (Å²) in [6.45, 7) is 2.80. The van der Waals surface area contributed by atoms with E-state index in [1.165, 1.54) is 0 Å². The van der Waals surface area contributed by atoms with Crippen LogP contribution in [0.1, 0.15) is 25.8 Å². The average molecular weight is 261 g/mol. The van der Waals surface area contributed by atoms with E-state index in [9.17, 15) is 0 Å². The first kappa shape index (κ1) is 12.3. The molecule has 0 unspecified atom stereocenters. The van der Waals surface area contributed by atoms with Gasteiger partial charge in [-0.05, 0) is 31.9 Å². The second-order valence-corrected chi connectivity index (χ2v) is 4.90. The topological polar surface area (TPSA) is 62.3 Å². The van der Waals surface area contributed by atoms with Gasteiger partial charge in [0.2, 0.25) is 5.95 Å². The maximum atomic E-state index is 6.04. The standard InChI is InChI=1S/C14H19N3O2/c1-3-19-11-6-9(7-11)17-13-8-10(18-2)4-5-12(13)16-14(17)15/h4-5,8-9,11H,3,6-7H2,1-2H3,(H2,15,16). The van der Waals surface area contributed by atoms with Crippen molar-refractivity contribution in [2.45, 2.75) is 31.9 Å². The Morgan fingerprint density at radius 1 is 1.42 bits per heavy atom. The number of nitrogens with two attached hydrogens (primary N) is 1. The molecule has 0 radical (unpaired) electrons. The van der Waals surface area contributed by atoms with Crippen LogP contribution in [0.3, 0.4) is 0 Å². The van der Waals surface area contributed by atoms with Gasteiger partial charge in [0.15, 0.2) is 0 Å². The van der Waals surface area contributed by atoms with E-state index in [4.69, 9.17) is 15.2 Å². The van der Waals surface area contributed by atoms with Crippen molar-refractivity contribution in [3.05, 3.63) is 18.2 Å². The zero-order valence-electron chi connectivity index (χ0n) is 11.3. The number of fused-ring (bicyclic) bond motifs is 1. The van der Waals surface area contributed by atoms with Crippen LogP contribution < -0.4 is 10.5 Å². The fraction of sp³-hybridized carbons (Fsp3) is 0.500. The highest BCUT2D eigenvalue weighted by atomic mass is 16.5. The Balaban J connectivity index is 1.92. The van der Waals surface area contributed by atoms with Crippen LogP contribution in [0.5, 0.6) is 5.75 Å². The molecule has 5 heteroatoms. The maximum Gasteiger partial charge on any atom is 0.201 e. The minimum absolute atomic E-state index is 0.359. The summed E-state index contributed by atoms with van der Waals surface area (Å²) in [7, 11) is 1.67. The first-order valence-electron chi connectivity index (χ1n) is 6.66. The smallest absolute Gasteiger partial charge is 0.201 e. The molecule has 19 heavy (non-hydrogen) atoms. The normalized spacial score (nSPS) is 22.4. The number of ether oxygens (including phenoxy) is 2. The lowest BCUT2D eigenvalue weighted by Gasteiger charge is -2.36. The van der Waals surface area contributed by atoms with Gasteiger partial charge in [-0.3, -0.25) is 0 Å². The number of nitrogens with zero attached hydrogens (tertiary/aromatic N) is 2. The summed E-state index contributed by atoms with van der Waals surface area (Å²) >= 11 is 0. The fourth-order valence-electron chi connectivity index (χ4n) is 2.72. The van der Waals surface area contributed by atoms with E-state index in [1.807, 2.05) is 25.1 Å². The van der Waals surface area contributed by atoms with Crippen molar-refractivity contribution in [1.29, 1.82) is 0 Å². The van der Waals surface area contributed by atoms with E-state index >= 15 is 0 Å². The van der Waals surface area contributed by atoms with Gasteiger partial charge in [-0.15, -0.1) is 0 Å². The first-order valence-corrected chi connectivity index (χ1v) is 6.66. The maximum absolute atomic E-state index is 6.04. The molecule has 1 aromatic heterocycles. The molecule has 1 aliphatic rings. The number of rotatable bonds is 4. The van der Waals surface area contributed by atoms with Gasteiger partial charge in [0, 0.05) is 18.7 Å². The molecule has 0 aliphatic heterocycles. The molecule has 3 rings (SSSR count). The van der Waals surface area contributed by atoms with Gasteiger partial charge in [0.25, 0.3) is 0 Å². The Bertz CT molecular complexity index is 588. The number of methoxy groups -OCH3 is 1. The molecule has 102 valence electrons. The van der Waals surface area contributed by atoms with Gasteiger partial charge in [-0.2, -0.15) is 0 Å². The van der Waals surface area contributed by atoms with Crippen LogP contribution in [0.2, 0.25) is 0 Å². The zero-order chi connectivity index (χ0) is 13.4. The van der Waals surface area contributed by atoms with Crippen molar-refractivity contribution in [1.82, 2.24) is 9.55 Å². The number of anilines is 1. The monoisotopic (exact) mass is 261 g/mol. The lowest BCUT2D eigenvalue weighted by molar-refractivity contribution is -0.0182. The van der Waals surface area contributed by atoms with E-state index in [0.717, 1.165) is 36.2 Å². The summed E-state index contributed by atoms with van der Waals surface area (Å²) in [6.07, 6.45) is 2.36. The van der Waals surface area contributed by atoms with E-state index in [1.54, 1.807) is 7.11 Å². The molecule has 0 saturated heterocycles. The highest BCUT2D eigenvalue weighted by Crippen LogP contribution is 2.39. The van der Waals surface area contributed by atoms with Gasteiger partial charge in [0.1, 0.15) is 5.75 Å². The van der Waals surface area contributed by atoms with Crippen LogP contribution in [-0.4, -0.2) is 29.4 Å². The summed E-state index contributed by atoms with van der Waals surface area (Å²) in [4.78, 5) is 4.41. The molecule has 1 heterocycles. The molecule has 2 N–H and O–H groups in total.